The molecule has 0 spiro atoms. The normalized spacial score (nSPS) is 12.9. The van der Waals surface area contributed by atoms with Crippen LogP contribution < -0.4 is 5.14 Å². The molecule has 3 nitrogen and oxygen atoms in total. The molecule has 1 rings (SSSR count). The third-order valence-corrected chi connectivity index (χ3v) is 2.98. The number of primary sulfonamides is 1. The van der Waals surface area contributed by atoms with Gasteiger partial charge in [-0.2, -0.15) is 0 Å². The largest absolute Gasteiger partial charge is 0.234 e. The topological polar surface area (TPSA) is 60.2 Å². The molecule has 0 aliphatic carbocycles. The molecule has 0 radical (unpaired) electrons. The van der Waals surface area contributed by atoms with Gasteiger partial charge in [-0.1, -0.05) is 37.3 Å². The van der Waals surface area contributed by atoms with E-state index in [2.05, 4.69) is 0 Å². The first-order chi connectivity index (χ1) is 6.54. The van der Waals surface area contributed by atoms with Crippen LogP contribution in [0, 0.1) is 0 Å². The molecule has 4 heteroatoms. The number of benzene rings is 1. The molecule has 0 heterocycles. The lowest BCUT2D eigenvalue weighted by atomic mass is 10.2. The second kappa shape index (κ2) is 4.39. The molecule has 0 bridgehead atoms. The van der Waals surface area contributed by atoms with Gasteiger partial charge in [-0.05, 0) is 18.1 Å². The Balaban J connectivity index is 3.09. The standard InChI is InChI=1S/C10H13NO2S/c1-2-10(14(11,12)13)8-9-6-4-3-5-7-9/h3-8H,2H2,1H3,(H2,11,12,13)/b10-8+. The lowest BCUT2D eigenvalue weighted by Crippen LogP contribution is -2.13. The summed E-state index contributed by atoms with van der Waals surface area (Å²) in [4.78, 5) is 0.253. The van der Waals surface area contributed by atoms with Gasteiger partial charge in [-0.3, -0.25) is 0 Å². The molecule has 2 N–H and O–H groups in total. The van der Waals surface area contributed by atoms with Crippen LogP contribution in [-0.2, 0) is 10.0 Å². The fourth-order valence-electron chi connectivity index (χ4n) is 1.12. The molecule has 76 valence electrons. The summed E-state index contributed by atoms with van der Waals surface area (Å²) in [6, 6.07) is 9.24. The third-order valence-electron chi connectivity index (χ3n) is 1.84. The number of nitrogens with two attached hydrogens (primary N) is 1. The van der Waals surface area contributed by atoms with Crippen molar-refractivity contribution in [1.82, 2.24) is 0 Å². The lowest BCUT2D eigenvalue weighted by Gasteiger charge is -2.00. The Bertz CT molecular complexity index is 421. The molecular weight excluding hydrogens is 198 g/mol. The number of rotatable bonds is 3. The minimum atomic E-state index is -3.55. The Morgan fingerprint density at radius 3 is 2.36 bits per heavy atom. The molecule has 0 saturated carbocycles. The van der Waals surface area contributed by atoms with Crippen molar-refractivity contribution in [1.29, 1.82) is 0 Å². The van der Waals surface area contributed by atoms with Crippen LogP contribution in [0.2, 0.25) is 0 Å². The van der Waals surface area contributed by atoms with Crippen molar-refractivity contribution >= 4 is 16.1 Å². The maximum atomic E-state index is 11.1. The van der Waals surface area contributed by atoms with Crippen molar-refractivity contribution in [2.45, 2.75) is 13.3 Å². The quantitative estimate of drug-likeness (QED) is 0.827. The van der Waals surface area contributed by atoms with Crippen LogP contribution >= 0.6 is 0 Å². The molecule has 0 unspecified atom stereocenters. The van der Waals surface area contributed by atoms with E-state index in [1.807, 2.05) is 30.3 Å². The summed E-state index contributed by atoms with van der Waals surface area (Å²) < 4.78 is 22.2. The SMILES string of the molecule is CC/C(=C\c1ccccc1)S(N)(=O)=O. The van der Waals surface area contributed by atoms with E-state index in [9.17, 15) is 8.42 Å². The van der Waals surface area contributed by atoms with Gasteiger partial charge in [0.05, 0.1) is 4.91 Å². The van der Waals surface area contributed by atoms with E-state index >= 15 is 0 Å². The fourth-order valence-corrected chi connectivity index (χ4v) is 1.82. The zero-order valence-corrected chi connectivity index (χ0v) is 8.79. The number of allylic oxidation sites excluding steroid dienone is 1. The monoisotopic (exact) mass is 211 g/mol. The molecule has 14 heavy (non-hydrogen) atoms. The zero-order chi connectivity index (χ0) is 10.6. The Labute approximate surface area is 84.3 Å². The zero-order valence-electron chi connectivity index (χ0n) is 7.97. The first-order valence-corrected chi connectivity index (χ1v) is 5.87. The average molecular weight is 211 g/mol. The van der Waals surface area contributed by atoms with Gasteiger partial charge in [-0.15, -0.1) is 0 Å². The lowest BCUT2D eigenvalue weighted by molar-refractivity contribution is 0.602. The maximum absolute atomic E-state index is 11.1. The number of hydrogen-bond acceptors (Lipinski definition) is 2. The second-order valence-corrected chi connectivity index (χ2v) is 4.53. The fraction of sp³-hybridized carbons (Fsp3) is 0.200. The number of sulfonamides is 1. The molecule has 1 aromatic rings. The van der Waals surface area contributed by atoms with Gasteiger partial charge in [0.15, 0.2) is 0 Å². The van der Waals surface area contributed by atoms with Gasteiger partial charge in [0, 0.05) is 0 Å². The van der Waals surface area contributed by atoms with E-state index in [1.165, 1.54) is 0 Å². The van der Waals surface area contributed by atoms with Gasteiger partial charge < -0.3 is 0 Å². The Morgan fingerprint density at radius 2 is 1.93 bits per heavy atom. The van der Waals surface area contributed by atoms with Gasteiger partial charge in [0.25, 0.3) is 0 Å². The highest BCUT2D eigenvalue weighted by molar-refractivity contribution is 7.93. The highest BCUT2D eigenvalue weighted by atomic mass is 32.2. The van der Waals surface area contributed by atoms with Crippen molar-refractivity contribution in [3.63, 3.8) is 0 Å². The molecule has 0 saturated heterocycles. The summed E-state index contributed by atoms with van der Waals surface area (Å²) in [6.45, 7) is 1.76. The van der Waals surface area contributed by atoms with Crippen LogP contribution in [0.1, 0.15) is 18.9 Å². The minimum Gasteiger partial charge on any atom is -0.225 e. The van der Waals surface area contributed by atoms with Gasteiger partial charge in [-0.25, -0.2) is 13.6 Å². The first kappa shape index (κ1) is 10.9. The average Bonchev–Trinajstić information content (AvgIpc) is 2.14. The molecular formula is C10H13NO2S. The van der Waals surface area contributed by atoms with Crippen molar-refractivity contribution in [3.05, 3.63) is 40.8 Å². The van der Waals surface area contributed by atoms with Crippen LogP contribution in [-0.4, -0.2) is 8.42 Å². The molecule has 0 atom stereocenters. The summed E-state index contributed by atoms with van der Waals surface area (Å²) in [5, 5.41) is 5.04. The van der Waals surface area contributed by atoms with Crippen LogP contribution in [0.4, 0.5) is 0 Å². The summed E-state index contributed by atoms with van der Waals surface area (Å²) in [5.41, 5.74) is 0.846. The summed E-state index contributed by atoms with van der Waals surface area (Å²) in [5.74, 6) is 0. The Kier molecular flexibility index (Phi) is 3.43. The summed E-state index contributed by atoms with van der Waals surface area (Å²) in [7, 11) is -3.55. The van der Waals surface area contributed by atoms with Crippen molar-refractivity contribution in [3.8, 4) is 0 Å². The van der Waals surface area contributed by atoms with Crippen LogP contribution in [0.5, 0.6) is 0 Å². The summed E-state index contributed by atoms with van der Waals surface area (Å²) >= 11 is 0. The predicted octanol–water partition coefficient (Wildman–Crippen LogP) is 1.73. The highest BCUT2D eigenvalue weighted by Gasteiger charge is 2.08. The highest BCUT2D eigenvalue weighted by Crippen LogP contribution is 2.12. The predicted molar refractivity (Wildman–Crippen MR) is 57.8 cm³/mol. The van der Waals surface area contributed by atoms with E-state index < -0.39 is 10.0 Å². The smallest absolute Gasteiger partial charge is 0.225 e. The summed E-state index contributed by atoms with van der Waals surface area (Å²) in [6.07, 6.45) is 2.00. The molecule has 0 amide bonds. The van der Waals surface area contributed by atoms with Crippen molar-refractivity contribution < 1.29 is 8.42 Å². The molecule has 0 aliphatic rings. The maximum Gasteiger partial charge on any atom is 0.234 e. The van der Waals surface area contributed by atoms with E-state index in [0.717, 1.165) is 5.56 Å². The van der Waals surface area contributed by atoms with E-state index in [1.54, 1.807) is 13.0 Å². The van der Waals surface area contributed by atoms with Gasteiger partial charge in [0.2, 0.25) is 10.0 Å². The Hall–Kier alpha value is -1.13. The van der Waals surface area contributed by atoms with E-state index in [4.69, 9.17) is 5.14 Å². The molecule has 1 aromatic carbocycles. The van der Waals surface area contributed by atoms with Crippen LogP contribution in [0.25, 0.3) is 6.08 Å². The van der Waals surface area contributed by atoms with Crippen LogP contribution in [0.15, 0.2) is 35.2 Å². The molecule has 0 aliphatic heterocycles. The van der Waals surface area contributed by atoms with Gasteiger partial charge in [0.1, 0.15) is 0 Å². The number of hydrogen-bond donors (Lipinski definition) is 1. The molecule has 0 aromatic heterocycles. The van der Waals surface area contributed by atoms with E-state index in [-0.39, 0.29) is 4.91 Å². The van der Waals surface area contributed by atoms with E-state index in [0.29, 0.717) is 6.42 Å². The van der Waals surface area contributed by atoms with Crippen LogP contribution in [0.3, 0.4) is 0 Å². The van der Waals surface area contributed by atoms with Gasteiger partial charge >= 0.3 is 0 Å². The van der Waals surface area contributed by atoms with Crippen molar-refractivity contribution in [2.75, 3.05) is 0 Å². The minimum absolute atomic E-state index is 0.253. The first-order valence-electron chi connectivity index (χ1n) is 4.32. The van der Waals surface area contributed by atoms with Crippen molar-refractivity contribution in [2.24, 2.45) is 5.14 Å². The Morgan fingerprint density at radius 1 is 1.36 bits per heavy atom. The third kappa shape index (κ3) is 2.97. The second-order valence-electron chi connectivity index (χ2n) is 2.92. The molecule has 0 fully saturated rings.